The molecule has 1 aliphatic rings. The summed E-state index contributed by atoms with van der Waals surface area (Å²) in [6, 6.07) is 9.91. The first-order chi connectivity index (χ1) is 11.0. The number of rotatable bonds is 4. The molecule has 0 saturated carbocycles. The van der Waals surface area contributed by atoms with Crippen molar-refractivity contribution in [3.05, 3.63) is 42.2 Å². The highest BCUT2D eigenvalue weighted by Crippen LogP contribution is 2.27. The summed E-state index contributed by atoms with van der Waals surface area (Å²) in [6.45, 7) is 2.53. The molecule has 0 spiro atoms. The highest BCUT2D eigenvalue weighted by molar-refractivity contribution is 7.89. The lowest BCUT2D eigenvalue weighted by Crippen LogP contribution is -2.41. The van der Waals surface area contributed by atoms with Gasteiger partial charge < -0.3 is 4.42 Å². The van der Waals surface area contributed by atoms with Crippen molar-refractivity contribution in [2.24, 2.45) is 0 Å². The first-order valence-corrected chi connectivity index (χ1v) is 9.13. The molecule has 1 aromatic carbocycles. The highest BCUT2D eigenvalue weighted by atomic mass is 32.2. The molecule has 0 bridgehead atoms. The standard InChI is InChI=1S/C17H19NO4S/c1-13-4-2-3-11-18(13)23(20,21)16-8-5-14(6-9-16)17-10-7-15(12-19)22-17/h5-10,12-13H,2-4,11H2,1H3/t13-/m0/s1. The summed E-state index contributed by atoms with van der Waals surface area (Å²) < 4.78 is 32.4. The van der Waals surface area contributed by atoms with Gasteiger partial charge in [0.25, 0.3) is 0 Å². The minimum atomic E-state index is -3.46. The summed E-state index contributed by atoms with van der Waals surface area (Å²) in [7, 11) is -3.46. The number of hydrogen-bond acceptors (Lipinski definition) is 4. The molecule has 1 saturated heterocycles. The molecule has 2 heterocycles. The van der Waals surface area contributed by atoms with E-state index in [1.165, 1.54) is 0 Å². The Bertz CT molecular complexity index is 792. The Hall–Kier alpha value is -1.92. The van der Waals surface area contributed by atoms with Crippen LogP contribution in [0.25, 0.3) is 11.3 Å². The number of nitrogens with zero attached hydrogens (tertiary/aromatic N) is 1. The van der Waals surface area contributed by atoms with Gasteiger partial charge >= 0.3 is 0 Å². The molecule has 0 unspecified atom stereocenters. The number of carbonyl (C=O) groups excluding carboxylic acids is 1. The van der Waals surface area contributed by atoms with Crippen LogP contribution in [0.2, 0.25) is 0 Å². The second-order valence-corrected chi connectivity index (χ2v) is 7.70. The molecule has 1 aromatic heterocycles. The molecule has 122 valence electrons. The van der Waals surface area contributed by atoms with E-state index in [9.17, 15) is 13.2 Å². The number of benzene rings is 1. The molecule has 0 radical (unpaired) electrons. The second kappa shape index (κ2) is 6.29. The Labute approximate surface area is 136 Å². The summed E-state index contributed by atoms with van der Waals surface area (Å²) in [6.07, 6.45) is 3.52. The van der Waals surface area contributed by atoms with Crippen LogP contribution in [0.15, 0.2) is 45.7 Å². The van der Waals surface area contributed by atoms with Crippen molar-refractivity contribution in [3.8, 4) is 11.3 Å². The maximum atomic E-state index is 12.8. The predicted octanol–water partition coefficient (Wildman–Crippen LogP) is 3.32. The molecule has 2 aromatic rings. The average Bonchev–Trinajstić information content (AvgIpc) is 3.04. The van der Waals surface area contributed by atoms with Gasteiger partial charge in [-0.1, -0.05) is 6.42 Å². The lowest BCUT2D eigenvalue weighted by atomic mass is 10.1. The van der Waals surface area contributed by atoms with Gasteiger partial charge in [-0.2, -0.15) is 4.31 Å². The zero-order valence-corrected chi connectivity index (χ0v) is 13.8. The summed E-state index contributed by atoms with van der Waals surface area (Å²) in [5, 5.41) is 0. The Balaban J connectivity index is 1.87. The van der Waals surface area contributed by atoms with Crippen molar-refractivity contribution >= 4 is 16.3 Å². The number of carbonyl (C=O) groups is 1. The number of hydrogen-bond donors (Lipinski definition) is 0. The van der Waals surface area contributed by atoms with Gasteiger partial charge in [-0.15, -0.1) is 0 Å². The Morgan fingerprint density at radius 3 is 2.48 bits per heavy atom. The monoisotopic (exact) mass is 333 g/mol. The SMILES string of the molecule is C[C@H]1CCCCN1S(=O)(=O)c1ccc(-c2ccc(C=O)o2)cc1. The predicted molar refractivity (Wildman–Crippen MR) is 86.7 cm³/mol. The van der Waals surface area contributed by atoms with Crippen molar-refractivity contribution < 1.29 is 17.6 Å². The van der Waals surface area contributed by atoms with Crippen molar-refractivity contribution in [3.63, 3.8) is 0 Å². The quantitative estimate of drug-likeness (QED) is 0.805. The Morgan fingerprint density at radius 1 is 1.13 bits per heavy atom. The maximum Gasteiger partial charge on any atom is 0.243 e. The van der Waals surface area contributed by atoms with Crippen molar-refractivity contribution in [1.82, 2.24) is 4.31 Å². The molecule has 1 fully saturated rings. The van der Waals surface area contributed by atoms with E-state index in [1.807, 2.05) is 6.92 Å². The Kier molecular flexibility index (Phi) is 4.37. The van der Waals surface area contributed by atoms with Gasteiger partial charge in [-0.3, -0.25) is 4.79 Å². The fraction of sp³-hybridized carbons (Fsp3) is 0.353. The van der Waals surface area contributed by atoms with E-state index in [2.05, 4.69) is 0 Å². The zero-order chi connectivity index (χ0) is 16.4. The summed E-state index contributed by atoms with van der Waals surface area (Å²) >= 11 is 0. The number of sulfonamides is 1. The van der Waals surface area contributed by atoms with E-state index in [0.717, 1.165) is 24.8 Å². The minimum absolute atomic E-state index is 0.0358. The molecular formula is C17H19NO4S. The van der Waals surface area contributed by atoms with E-state index in [0.29, 0.717) is 18.6 Å². The molecule has 1 atom stereocenters. The first kappa shape index (κ1) is 16.0. The third-order valence-electron chi connectivity index (χ3n) is 4.23. The van der Waals surface area contributed by atoms with Crippen LogP contribution in [0.4, 0.5) is 0 Å². The van der Waals surface area contributed by atoms with E-state index in [4.69, 9.17) is 4.42 Å². The maximum absolute atomic E-state index is 12.8. The van der Waals surface area contributed by atoms with Gasteiger partial charge in [0, 0.05) is 18.2 Å². The van der Waals surface area contributed by atoms with E-state index < -0.39 is 10.0 Å². The normalized spacial score (nSPS) is 19.6. The van der Waals surface area contributed by atoms with Gasteiger partial charge in [0.1, 0.15) is 5.76 Å². The van der Waals surface area contributed by atoms with Crippen LogP contribution in [0.1, 0.15) is 36.7 Å². The second-order valence-electron chi connectivity index (χ2n) is 5.80. The van der Waals surface area contributed by atoms with E-state index >= 15 is 0 Å². The molecule has 0 aliphatic carbocycles. The van der Waals surface area contributed by atoms with Gasteiger partial charge in [-0.25, -0.2) is 8.42 Å². The topological polar surface area (TPSA) is 67.6 Å². The highest BCUT2D eigenvalue weighted by Gasteiger charge is 2.30. The van der Waals surface area contributed by atoms with Crippen LogP contribution in [0.5, 0.6) is 0 Å². The molecule has 6 heteroatoms. The number of furan rings is 1. The van der Waals surface area contributed by atoms with Gasteiger partial charge in [-0.05, 0) is 56.2 Å². The molecule has 3 rings (SSSR count). The summed E-state index contributed by atoms with van der Waals surface area (Å²) in [4.78, 5) is 11.0. The van der Waals surface area contributed by atoms with Crippen molar-refractivity contribution in [2.75, 3.05) is 6.54 Å². The van der Waals surface area contributed by atoms with Crippen LogP contribution in [-0.2, 0) is 10.0 Å². The van der Waals surface area contributed by atoms with Crippen molar-refractivity contribution in [2.45, 2.75) is 37.1 Å². The average molecular weight is 333 g/mol. The van der Waals surface area contributed by atoms with Crippen LogP contribution in [0.3, 0.4) is 0 Å². The lowest BCUT2D eigenvalue weighted by Gasteiger charge is -2.32. The van der Waals surface area contributed by atoms with Crippen LogP contribution in [0, 0.1) is 0 Å². The molecule has 5 nitrogen and oxygen atoms in total. The van der Waals surface area contributed by atoms with E-state index in [1.54, 1.807) is 40.7 Å². The van der Waals surface area contributed by atoms with Gasteiger partial charge in [0.05, 0.1) is 4.90 Å². The fourth-order valence-electron chi connectivity index (χ4n) is 2.93. The largest absolute Gasteiger partial charge is 0.453 e. The third-order valence-corrected chi connectivity index (χ3v) is 6.26. The number of aldehydes is 1. The molecule has 0 N–H and O–H groups in total. The lowest BCUT2D eigenvalue weighted by molar-refractivity contribution is 0.110. The molecule has 23 heavy (non-hydrogen) atoms. The van der Waals surface area contributed by atoms with Crippen molar-refractivity contribution in [1.29, 1.82) is 0 Å². The van der Waals surface area contributed by atoms with Crippen LogP contribution >= 0.6 is 0 Å². The molecule has 1 aliphatic heterocycles. The zero-order valence-electron chi connectivity index (χ0n) is 12.9. The summed E-state index contributed by atoms with van der Waals surface area (Å²) in [5.41, 5.74) is 0.740. The van der Waals surface area contributed by atoms with Crippen LogP contribution in [-0.4, -0.2) is 31.6 Å². The minimum Gasteiger partial charge on any atom is -0.453 e. The third kappa shape index (κ3) is 3.09. The smallest absolute Gasteiger partial charge is 0.243 e. The fourth-order valence-corrected chi connectivity index (χ4v) is 4.63. The van der Waals surface area contributed by atoms with E-state index in [-0.39, 0.29) is 16.7 Å². The Morgan fingerprint density at radius 2 is 1.87 bits per heavy atom. The van der Waals surface area contributed by atoms with Gasteiger partial charge in [0.15, 0.2) is 12.0 Å². The van der Waals surface area contributed by atoms with Crippen LogP contribution < -0.4 is 0 Å². The van der Waals surface area contributed by atoms with Gasteiger partial charge in [0.2, 0.25) is 10.0 Å². The first-order valence-electron chi connectivity index (χ1n) is 7.69. The molecular weight excluding hydrogens is 314 g/mol. The number of piperidine rings is 1. The molecule has 0 amide bonds. The summed E-state index contributed by atoms with van der Waals surface area (Å²) in [5.74, 6) is 0.793.